The summed E-state index contributed by atoms with van der Waals surface area (Å²) < 4.78 is 10.5. The molecule has 2 N–H and O–H groups in total. The van der Waals surface area contributed by atoms with Crippen LogP contribution in [0.3, 0.4) is 0 Å². The number of esters is 2. The average molecular weight is 617 g/mol. The fourth-order valence-electron chi connectivity index (χ4n) is 3.84. The van der Waals surface area contributed by atoms with Crippen LogP contribution >= 0.6 is 21.6 Å². The lowest BCUT2D eigenvalue weighted by Gasteiger charge is -2.12. The van der Waals surface area contributed by atoms with Gasteiger partial charge in [-0.15, -0.1) is 0 Å². The van der Waals surface area contributed by atoms with Crippen LogP contribution in [-0.2, 0) is 19.1 Å². The van der Waals surface area contributed by atoms with Crippen LogP contribution in [0.5, 0.6) is 0 Å². The maximum absolute atomic E-state index is 12.9. The van der Waals surface area contributed by atoms with Gasteiger partial charge in [-0.25, -0.2) is 0 Å². The predicted octanol–water partition coefficient (Wildman–Crippen LogP) is 6.97. The van der Waals surface area contributed by atoms with Gasteiger partial charge in [0.15, 0.2) is 0 Å². The van der Waals surface area contributed by atoms with Crippen molar-refractivity contribution >= 4 is 45.3 Å². The Bertz CT molecular complexity index is 1040. The Morgan fingerprint density at radius 1 is 0.595 bits per heavy atom. The van der Waals surface area contributed by atoms with Gasteiger partial charge in [0.05, 0.1) is 24.3 Å². The third kappa shape index (κ3) is 14.3. The van der Waals surface area contributed by atoms with Crippen LogP contribution in [-0.4, -0.2) is 50.1 Å². The van der Waals surface area contributed by atoms with Crippen LogP contribution < -0.4 is 10.6 Å². The fourth-order valence-corrected chi connectivity index (χ4v) is 6.20. The number of ether oxygens (including phenoxy) is 2. The molecule has 10 heteroatoms. The minimum absolute atomic E-state index is 0.193. The number of nitrogens with one attached hydrogen (secondary N) is 2. The van der Waals surface area contributed by atoms with Crippen LogP contribution in [0.1, 0.15) is 98.8 Å². The van der Waals surface area contributed by atoms with Crippen LogP contribution in [0, 0.1) is 0 Å². The van der Waals surface area contributed by atoms with Crippen molar-refractivity contribution in [3.63, 3.8) is 0 Å². The van der Waals surface area contributed by atoms with Crippen LogP contribution in [0.15, 0.2) is 58.3 Å². The van der Waals surface area contributed by atoms with Crippen LogP contribution in [0.25, 0.3) is 0 Å². The topological polar surface area (TPSA) is 111 Å². The van der Waals surface area contributed by atoms with E-state index in [2.05, 4.69) is 24.5 Å². The summed E-state index contributed by atoms with van der Waals surface area (Å²) >= 11 is 0. The zero-order chi connectivity index (χ0) is 30.4. The molecule has 0 aromatic heterocycles. The second-order valence-corrected chi connectivity index (χ2v) is 11.9. The van der Waals surface area contributed by atoms with E-state index in [-0.39, 0.29) is 37.0 Å². The largest absolute Gasteiger partial charge is 0.466 e. The van der Waals surface area contributed by atoms with E-state index < -0.39 is 0 Å². The van der Waals surface area contributed by atoms with Gasteiger partial charge in [-0.2, -0.15) is 0 Å². The number of carbonyl (C=O) groups excluding carboxylic acids is 4. The lowest BCUT2D eigenvalue weighted by molar-refractivity contribution is -0.144. The normalized spacial score (nSPS) is 10.6. The Morgan fingerprint density at radius 2 is 1.00 bits per heavy atom. The Balaban J connectivity index is 1.79. The summed E-state index contributed by atoms with van der Waals surface area (Å²) in [5.41, 5.74) is 1.08. The molecule has 0 unspecified atom stereocenters. The maximum atomic E-state index is 12.9. The highest BCUT2D eigenvalue weighted by atomic mass is 33.1. The molecule has 0 aliphatic rings. The summed E-state index contributed by atoms with van der Waals surface area (Å²) in [6.07, 6.45) is 7.76. The fraction of sp³-hybridized carbons (Fsp3) is 0.500. The average Bonchev–Trinajstić information content (AvgIpc) is 3.00. The van der Waals surface area contributed by atoms with Crippen molar-refractivity contribution in [2.45, 2.75) is 87.8 Å². The lowest BCUT2D eigenvalue weighted by atomic mass is 10.2. The monoisotopic (exact) mass is 616 g/mol. The highest BCUT2D eigenvalue weighted by molar-refractivity contribution is 8.76. The molecular weight excluding hydrogens is 572 g/mol. The highest BCUT2D eigenvalue weighted by Gasteiger charge is 2.15. The van der Waals surface area contributed by atoms with E-state index in [9.17, 15) is 19.2 Å². The Labute approximate surface area is 257 Å². The predicted molar refractivity (Wildman–Crippen MR) is 169 cm³/mol. The first-order valence-corrected chi connectivity index (χ1v) is 17.0. The van der Waals surface area contributed by atoms with Crippen molar-refractivity contribution in [1.29, 1.82) is 0 Å². The third-order valence-electron chi connectivity index (χ3n) is 6.19. The maximum Gasteiger partial charge on any atom is 0.305 e. The highest BCUT2D eigenvalue weighted by Crippen LogP contribution is 2.40. The first kappa shape index (κ1) is 35.2. The first-order chi connectivity index (χ1) is 20.5. The van der Waals surface area contributed by atoms with E-state index in [1.165, 1.54) is 21.6 Å². The van der Waals surface area contributed by atoms with Crippen LogP contribution in [0.2, 0.25) is 0 Å². The summed E-state index contributed by atoms with van der Waals surface area (Å²) in [4.78, 5) is 50.7. The van der Waals surface area contributed by atoms with Crippen molar-refractivity contribution in [2.75, 3.05) is 26.3 Å². The lowest BCUT2D eigenvalue weighted by Crippen LogP contribution is -2.26. The van der Waals surface area contributed by atoms with E-state index in [4.69, 9.17) is 9.47 Å². The van der Waals surface area contributed by atoms with Gasteiger partial charge in [0.2, 0.25) is 0 Å². The molecule has 2 amide bonds. The zero-order valence-corrected chi connectivity index (χ0v) is 26.4. The molecule has 0 fully saturated rings. The van der Waals surface area contributed by atoms with Gasteiger partial charge in [0, 0.05) is 35.7 Å². The summed E-state index contributed by atoms with van der Waals surface area (Å²) in [7, 11) is 2.82. The molecule has 8 nitrogen and oxygen atoms in total. The van der Waals surface area contributed by atoms with Gasteiger partial charge < -0.3 is 20.1 Å². The van der Waals surface area contributed by atoms with Crippen LogP contribution in [0.4, 0.5) is 0 Å². The molecule has 0 heterocycles. The van der Waals surface area contributed by atoms with E-state index in [0.717, 1.165) is 48.3 Å². The minimum atomic E-state index is -0.204. The Hall–Kier alpha value is -2.98. The molecule has 2 rings (SSSR count). The van der Waals surface area contributed by atoms with Gasteiger partial charge in [0.25, 0.3) is 11.8 Å². The summed E-state index contributed by atoms with van der Waals surface area (Å²) in [5.74, 6) is -0.794. The van der Waals surface area contributed by atoms with Gasteiger partial charge in [-0.1, -0.05) is 85.4 Å². The van der Waals surface area contributed by atoms with Crippen molar-refractivity contribution in [1.82, 2.24) is 10.6 Å². The standard InChI is InChI=1S/C32H44N2O6S2/c1-3-5-7-19-29(35)39-23-13-21-33-31(37)25-15-9-11-17-27(25)41-42-28-18-12-10-16-26(28)32(38)34-22-14-24-40-30(36)20-8-6-4-2/h9-12,15-18H,3-8,13-14,19-24H2,1-2H3,(H,33,37)(H,34,38). The van der Waals surface area contributed by atoms with Gasteiger partial charge in [-0.3, -0.25) is 19.2 Å². The van der Waals surface area contributed by atoms with Crippen molar-refractivity contribution in [3.8, 4) is 0 Å². The number of amides is 2. The SMILES string of the molecule is CCCCCC(=O)OCCCNC(=O)c1ccccc1SSc1ccccc1C(=O)NCCCOC(=O)CCCCC. The van der Waals surface area contributed by atoms with Crippen molar-refractivity contribution < 1.29 is 28.7 Å². The van der Waals surface area contributed by atoms with Crippen molar-refractivity contribution in [3.05, 3.63) is 59.7 Å². The number of hydrogen-bond acceptors (Lipinski definition) is 8. The quantitative estimate of drug-likeness (QED) is 0.0879. The third-order valence-corrected chi connectivity index (χ3v) is 8.67. The number of carbonyl (C=O) groups is 4. The van der Waals surface area contributed by atoms with E-state index >= 15 is 0 Å². The molecule has 0 aliphatic carbocycles. The Morgan fingerprint density at radius 3 is 1.40 bits per heavy atom. The smallest absolute Gasteiger partial charge is 0.305 e. The molecule has 2 aromatic rings. The zero-order valence-electron chi connectivity index (χ0n) is 24.8. The summed E-state index contributed by atoms with van der Waals surface area (Å²) in [5, 5.41) is 5.80. The van der Waals surface area contributed by atoms with E-state index in [1.54, 1.807) is 12.1 Å². The molecule has 42 heavy (non-hydrogen) atoms. The number of rotatable bonds is 21. The second-order valence-electron chi connectivity index (χ2n) is 9.73. The first-order valence-electron chi connectivity index (χ1n) is 14.9. The number of benzene rings is 2. The number of hydrogen-bond donors (Lipinski definition) is 2. The minimum Gasteiger partial charge on any atom is -0.466 e. The molecule has 0 bridgehead atoms. The summed E-state index contributed by atoms with van der Waals surface area (Å²) in [6, 6.07) is 14.6. The molecule has 0 aliphatic heterocycles. The molecule has 0 radical (unpaired) electrons. The molecule has 0 atom stereocenters. The molecule has 0 spiro atoms. The van der Waals surface area contributed by atoms with Crippen molar-refractivity contribution in [2.24, 2.45) is 0 Å². The molecule has 0 saturated heterocycles. The Kier molecular flexibility index (Phi) is 18.2. The van der Waals surface area contributed by atoms with E-state index in [0.29, 0.717) is 49.9 Å². The molecule has 2 aromatic carbocycles. The van der Waals surface area contributed by atoms with E-state index in [1.807, 2.05) is 36.4 Å². The van der Waals surface area contributed by atoms with Gasteiger partial charge in [-0.05, 0) is 49.9 Å². The van der Waals surface area contributed by atoms with Gasteiger partial charge in [0.1, 0.15) is 0 Å². The second kappa shape index (κ2) is 21.7. The summed E-state index contributed by atoms with van der Waals surface area (Å²) in [6.45, 7) is 5.52. The molecule has 230 valence electrons. The number of unbranched alkanes of at least 4 members (excludes halogenated alkanes) is 4. The molecular formula is C32H44N2O6S2. The molecule has 0 saturated carbocycles. The van der Waals surface area contributed by atoms with Gasteiger partial charge >= 0.3 is 11.9 Å².